The molecule has 1 aromatic heterocycles. The van der Waals surface area contributed by atoms with Crippen LogP contribution in [0, 0.1) is 11.7 Å². The van der Waals surface area contributed by atoms with Crippen molar-refractivity contribution in [1.82, 2.24) is 5.32 Å². The molecule has 0 bridgehead atoms. The van der Waals surface area contributed by atoms with E-state index in [-0.39, 0.29) is 23.7 Å². The monoisotopic (exact) mass is 319 g/mol. The van der Waals surface area contributed by atoms with Gasteiger partial charge in [-0.1, -0.05) is 0 Å². The molecule has 122 valence electrons. The highest BCUT2D eigenvalue weighted by molar-refractivity contribution is 5.93. The maximum Gasteiger partial charge on any atom is 0.254 e. The van der Waals surface area contributed by atoms with Crippen molar-refractivity contribution in [1.29, 1.82) is 0 Å². The summed E-state index contributed by atoms with van der Waals surface area (Å²) in [5.41, 5.74) is 0.455. The zero-order valence-corrected chi connectivity index (χ0v) is 12.4. The Morgan fingerprint density at radius 2 is 2.09 bits per heavy atom. The molecule has 1 aliphatic rings. The Kier molecular flexibility index (Phi) is 4.62. The molecular weight excluding hydrogens is 301 g/mol. The molecule has 2 aromatic rings. The molecule has 1 fully saturated rings. The van der Waals surface area contributed by atoms with Crippen LogP contribution in [-0.4, -0.2) is 29.8 Å². The average molecular weight is 319 g/mol. The van der Waals surface area contributed by atoms with Crippen molar-refractivity contribution >= 4 is 5.91 Å². The number of amides is 1. The van der Waals surface area contributed by atoms with E-state index in [0.29, 0.717) is 24.3 Å². The van der Waals surface area contributed by atoms with Crippen molar-refractivity contribution in [3.63, 3.8) is 0 Å². The van der Waals surface area contributed by atoms with Gasteiger partial charge in [0, 0.05) is 12.5 Å². The number of aliphatic hydroxyl groups is 1. The van der Waals surface area contributed by atoms with Crippen LogP contribution in [0.25, 0.3) is 0 Å². The predicted octanol–water partition coefficient (Wildman–Crippen LogP) is 2.37. The first-order valence-corrected chi connectivity index (χ1v) is 7.54. The van der Waals surface area contributed by atoms with E-state index in [4.69, 9.17) is 9.15 Å². The molecule has 2 N–H and O–H groups in total. The first kappa shape index (κ1) is 15.6. The quantitative estimate of drug-likeness (QED) is 0.887. The third kappa shape index (κ3) is 3.71. The van der Waals surface area contributed by atoms with Crippen molar-refractivity contribution in [2.45, 2.75) is 25.0 Å². The maximum absolute atomic E-state index is 12.9. The van der Waals surface area contributed by atoms with Crippen molar-refractivity contribution in [3.8, 4) is 5.75 Å². The number of halogens is 1. The zero-order valence-electron chi connectivity index (χ0n) is 12.4. The minimum absolute atomic E-state index is 0.0729. The standard InChI is InChI=1S/C17H18FNO4/c18-13-2-4-14(5-3-13)23-15-6-1-11(16(15)20)9-19-17(21)12-7-8-22-10-12/h2-5,7-8,10-11,15-16,20H,1,6,9H2,(H,19,21)/t11-,15-,16-/m1/s1. The summed E-state index contributed by atoms with van der Waals surface area (Å²) in [6, 6.07) is 7.30. The molecule has 1 heterocycles. The van der Waals surface area contributed by atoms with Crippen LogP contribution in [-0.2, 0) is 0 Å². The summed E-state index contributed by atoms with van der Waals surface area (Å²) in [5, 5.41) is 13.1. The average Bonchev–Trinajstić information content (AvgIpc) is 3.19. The third-order valence-electron chi connectivity index (χ3n) is 4.10. The summed E-state index contributed by atoms with van der Waals surface area (Å²) in [4.78, 5) is 11.9. The van der Waals surface area contributed by atoms with E-state index in [1.165, 1.54) is 36.8 Å². The lowest BCUT2D eigenvalue weighted by Crippen LogP contribution is -2.37. The van der Waals surface area contributed by atoms with Gasteiger partial charge in [-0.25, -0.2) is 4.39 Å². The minimum atomic E-state index is -0.676. The fourth-order valence-electron chi connectivity index (χ4n) is 2.78. The molecule has 1 aliphatic carbocycles. The lowest BCUT2D eigenvalue weighted by Gasteiger charge is -2.21. The Morgan fingerprint density at radius 1 is 1.30 bits per heavy atom. The number of benzene rings is 1. The number of rotatable bonds is 5. The maximum atomic E-state index is 12.9. The van der Waals surface area contributed by atoms with Crippen LogP contribution in [0.5, 0.6) is 5.75 Å². The van der Waals surface area contributed by atoms with E-state index in [1.54, 1.807) is 6.07 Å². The molecule has 6 heteroatoms. The second-order valence-corrected chi connectivity index (χ2v) is 5.66. The van der Waals surface area contributed by atoms with E-state index in [0.717, 1.165) is 6.42 Å². The second kappa shape index (κ2) is 6.83. The highest BCUT2D eigenvalue weighted by Gasteiger charge is 2.36. The fourth-order valence-corrected chi connectivity index (χ4v) is 2.78. The van der Waals surface area contributed by atoms with Crippen LogP contribution in [0.15, 0.2) is 47.3 Å². The van der Waals surface area contributed by atoms with Gasteiger partial charge in [0.05, 0.1) is 17.9 Å². The Balaban J connectivity index is 1.51. The molecular formula is C17H18FNO4. The van der Waals surface area contributed by atoms with Crippen LogP contribution in [0.2, 0.25) is 0 Å². The molecule has 0 radical (unpaired) electrons. The zero-order chi connectivity index (χ0) is 16.2. The molecule has 1 amide bonds. The van der Waals surface area contributed by atoms with E-state index in [9.17, 15) is 14.3 Å². The molecule has 0 unspecified atom stereocenters. The molecule has 0 spiro atoms. The van der Waals surface area contributed by atoms with Gasteiger partial charge in [-0.2, -0.15) is 0 Å². The van der Waals surface area contributed by atoms with Crippen LogP contribution in [0.1, 0.15) is 23.2 Å². The van der Waals surface area contributed by atoms with E-state index >= 15 is 0 Å². The lowest BCUT2D eigenvalue weighted by molar-refractivity contribution is 0.0348. The molecule has 1 saturated carbocycles. The number of hydrogen-bond acceptors (Lipinski definition) is 4. The Morgan fingerprint density at radius 3 is 2.78 bits per heavy atom. The lowest BCUT2D eigenvalue weighted by atomic mass is 10.1. The molecule has 3 atom stereocenters. The van der Waals surface area contributed by atoms with Crippen molar-refractivity contribution < 1.29 is 23.4 Å². The van der Waals surface area contributed by atoms with Gasteiger partial charge < -0.3 is 19.6 Å². The SMILES string of the molecule is O=C(NC[C@H]1CC[C@@H](Oc2ccc(F)cc2)[C@@H]1O)c1ccoc1. The summed E-state index contributed by atoms with van der Waals surface area (Å²) in [7, 11) is 0. The molecule has 0 aliphatic heterocycles. The van der Waals surface area contributed by atoms with E-state index in [1.807, 2.05) is 0 Å². The number of furan rings is 1. The van der Waals surface area contributed by atoms with Gasteiger partial charge in [0.25, 0.3) is 5.91 Å². The van der Waals surface area contributed by atoms with Gasteiger partial charge in [0.15, 0.2) is 0 Å². The molecule has 1 aromatic carbocycles. The van der Waals surface area contributed by atoms with Crippen LogP contribution < -0.4 is 10.1 Å². The van der Waals surface area contributed by atoms with E-state index in [2.05, 4.69) is 5.32 Å². The first-order valence-electron chi connectivity index (χ1n) is 7.54. The highest BCUT2D eigenvalue weighted by atomic mass is 19.1. The Bertz CT molecular complexity index is 641. The van der Waals surface area contributed by atoms with Gasteiger partial charge >= 0.3 is 0 Å². The summed E-state index contributed by atoms with van der Waals surface area (Å²) in [5.74, 6) is -0.104. The van der Waals surface area contributed by atoms with Crippen LogP contribution in [0.4, 0.5) is 4.39 Å². The second-order valence-electron chi connectivity index (χ2n) is 5.66. The molecule has 3 rings (SSSR count). The van der Waals surface area contributed by atoms with Gasteiger partial charge in [-0.05, 0) is 43.2 Å². The van der Waals surface area contributed by atoms with Gasteiger partial charge in [0.1, 0.15) is 23.9 Å². The van der Waals surface area contributed by atoms with Gasteiger partial charge in [-0.3, -0.25) is 4.79 Å². The predicted molar refractivity (Wildman–Crippen MR) is 80.6 cm³/mol. The summed E-state index contributed by atoms with van der Waals surface area (Å²) < 4.78 is 23.5. The van der Waals surface area contributed by atoms with Gasteiger partial charge in [0.2, 0.25) is 0 Å². The summed E-state index contributed by atoms with van der Waals surface area (Å²) >= 11 is 0. The first-order chi connectivity index (χ1) is 11.1. The van der Waals surface area contributed by atoms with Crippen molar-refractivity contribution in [2.24, 2.45) is 5.92 Å². The number of nitrogens with one attached hydrogen (secondary N) is 1. The molecule has 23 heavy (non-hydrogen) atoms. The Labute approximate surface area is 133 Å². The van der Waals surface area contributed by atoms with Crippen LogP contribution in [0.3, 0.4) is 0 Å². The largest absolute Gasteiger partial charge is 0.488 e. The highest BCUT2D eigenvalue weighted by Crippen LogP contribution is 2.29. The fraction of sp³-hybridized carbons (Fsp3) is 0.353. The summed E-state index contributed by atoms with van der Waals surface area (Å²) in [6.45, 7) is 0.370. The number of ether oxygens (including phenoxy) is 1. The van der Waals surface area contributed by atoms with Crippen molar-refractivity contribution in [2.75, 3.05) is 6.54 Å². The number of carbonyl (C=O) groups excluding carboxylic acids is 1. The number of aliphatic hydroxyl groups excluding tert-OH is 1. The third-order valence-corrected chi connectivity index (χ3v) is 4.10. The summed E-state index contributed by atoms with van der Waals surface area (Å²) in [6.07, 6.45) is 3.22. The van der Waals surface area contributed by atoms with Crippen molar-refractivity contribution in [3.05, 3.63) is 54.2 Å². The number of hydrogen-bond donors (Lipinski definition) is 2. The van der Waals surface area contributed by atoms with Gasteiger partial charge in [-0.15, -0.1) is 0 Å². The molecule has 5 nitrogen and oxygen atoms in total. The Hall–Kier alpha value is -2.34. The van der Waals surface area contributed by atoms with E-state index < -0.39 is 6.10 Å². The minimum Gasteiger partial charge on any atom is -0.488 e. The van der Waals surface area contributed by atoms with Crippen LogP contribution >= 0.6 is 0 Å². The molecule has 0 saturated heterocycles. The smallest absolute Gasteiger partial charge is 0.254 e. The normalized spacial score (nSPS) is 23.7. The number of carbonyl (C=O) groups is 1. The topological polar surface area (TPSA) is 71.7 Å².